The number of rotatable bonds is 3. The van der Waals surface area contributed by atoms with Crippen molar-refractivity contribution in [2.45, 2.75) is 5.92 Å². The summed E-state index contributed by atoms with van der Waals surface area (Å²) in [4.78, 5) is 12.3. The predicted molar refractivity (Wildman–Crippen MR) is 108 cm³/mol. The van der Waals surface area contributed by atoms with E-state index in [1.165, 1.54) is 11.1 Å². The summed E-state index contributed by atoms with van der Waals surface area (Å²) in [5.41, 5.74) is 5.88. The first-order valence-corrected chi connectivity index (χ1v) is 8.84. The Morgan fingerprint density at radius 3 is 2.29 bits per heavy atom. The fourth-order valence-corrected chi connectivity index (χ4v) is 3.58. The highest BCUT2D eigenvalue weighted by Crippen LogP contribution is 2.44. The number of nitrogens with one attached hydrogen (secondary N) is 1. The molecule has 4 nitrogen and oxygen atoms in total. The minimum Gasteiger partial charge on any atom is -0.448 e. The molecule has 1 N–H and O–H groups in total. The molecule has 0 saturated carbocycles. The van der Waals surface area contributed by atoms with Crippen LogP contribution in [-0.2, 0) is 4.74 Å². The van der Waals surface area contributed by atoms with E-state index in [2.05, 4.69) is 35.5 Å². The van der Waals surface area contributed by atoms with Gasteiger partial charge in [-0.2, -0.15) is 5.26 Å². The third-order valence-electron chi connectivity index (χ3n) is 4.89. The second kappa shape index (κ2) is 7.31. The highest BCUT2D eigenvalue weighted by molar-refractivity contribution is 5.87. The zero-order valence-corrected chi connectivity index (χ0v) is 15.0. The van der Waals surface area contributed by atoms with Crippen molar-refractivity contribution < 1.29 is 9.53 Å². The number of nitrogens with zero attached hydrogens (tertiary/aromatic N) is 1. The maximum atomic E-state index is 12.3. The maximum Gasteiger partial charge on any atom is 0.411 e. The molecule has 0 saturated heterocycles. The van der Waals surface area contributed by atoms with Crippen LogP contribution in [0.2, 0.25) is 0 Å². The zero-order chi connectivity index (χ0) is 19.5. The Morgan fingerprint density at radius 1 is 1.04 bits per heavy atom. The fraction of sp³-hybridized carbons (Fsp3) is 0.0833. The van der Waals surface area contributed by atoms with Crippen molar-refractivity contribution in [1.29, 1.82) is 5.26 Å². The number of hydrogen-bond acceptors (Lipinski definition) is 3. The van der Waals surface area contributed by atoms with Gasteiger partial charge in [-0.1, -0.05) is 54.5 Å². The predicted octanol–water partition coefficient (Wildman–Crippen LogP) is 4.90. The molecule has 0 radical (unpaired) electrons. The van der Waals surface area contributed by atoms with Gasteiger partial charge in [-0.3, -0.25) is 5.32 Å². The number of carbonyl (C=O) groups excluding carboxylic acids is 1. The van der Waals surface area contributed by atoms with Gasteiger partial charge in [0.15, 0.2) is 0 Å². The Labute approximate surface area is 163 Å². The average Bonchev–Trinajstić information content (AvgIpc) is 3.06. The van der Waals surface area contributed by atoms with Crippen molar-refractivity contribution >= 4 is 11.8 Å². The van der Waals surface area contributed by atoms with Crippen LogP contribution in [0.3, 0.4) is 0 Å². The molecule has 0 atom stereocenters. The van der Waals surface area contributed by atoms with E-state index < -0.39 is 6.09 Å². The Balaban J connectivity index is 1.51. The van der Waals surface area contributed by atoms with Gasteiger partial charge in [-0.05, 0) is 40.5 Å². The van der Waals surface area contributed by atoms with Crippen LogP contribution in [-0.4, -0.2) is 12.7 Å². The van der Waals surface area contributed by atoms with E-state index in [1.54, 1.807) is 18.2 Å². The van der Waals surface area contributed by atoms with Gasteiger partial charge in [0.2, 0.25) is 0 Å². The van der Waals surface area contributed by atoms with Crippen LogP contribution in [0, 0.1) is 23.7 Å². The summed E-state index contributed by atoms with van der Waals surface area (Å²) in [7, 11) is 0. The minimum atomic E-state index is -0.605. The molecule has 4 rings (SSSR count). The van der Waals surface area contributed by atoms with Crippen LogP contribution < -0.4 is 5.32 Å². The van der Waals surface area contributed by atoms with E-state index in [0.717, 1.165) is 11.1 Å². The molecule has 28 heavy (non-hydrogen) atoms. The summed E-state index contributed by atoms with van der Waals surface area (Å²) in [6, 6.07) is 23.2. The van der Waals surface area contributed by atoms with Gasteiger partial charge in [-0.25, -0.2) is 4.79 Å². The molecule has 3 aromatic carbocycles. The molecule has 134 valence electrons. The van der Waals surface area contributed by atoms with Crippen molar-refractivity contribution in [3.8, 4) is 29.5 Å². The molecular formula is C24H16N2O2. The number of fused-ring (bicyclic) bond motifs is 3. The quantitative estimate of drug-likeness (QED) is 0.672. The first-order valence-electron chi connectivity index (χ1n) is 8.84. The number of anilines is 1. The molecule has 1 aliphatic carbocycles. The smallest absolute Gasteiger partial charge is 0.411 e. The number of ether oxygens (including phenoxy) is 1. The molecule has 4 heteroatoms. The van der Waals surface area contributed by atoms with Gasteiger partial charge < -0.3 is 4.74 Å². The average molecular weight is 364 g/mol. The third-order valence-corrected chi connectivity index (χ3v) is 4.89. The lowest BCUT2D eigenvalue weighted by Gasteiger charge is -2.15. The Kier molecular flexibility index (Phi) is 4.54. The Bertz CT molecular complexity index is 1110. The molecule has 1 aliphatic rings. The highest BCUT2D eigenvalue weighted by Gasteiger charge is 2.29. The summed E-state index contributed by atoms with van der Waals surface area (Å²) >= 11 is 0. The summed E-state index contributed by atoms with van der Waals surface area (Å²) < 4.78 is 5.50. The lowest BCUT2D eigenvalue weighted by atomic mass is 9.98. The number of nitriles is 1. The number of amides is 1. The summed E-state index contributed by atoms with van der Waals surface area (Å²) in [6.45, 7) is 0.212. The van der Waals surface area contributed by atoms with Gasteiger partial charge in [0.1, 0.15) is 12.7 Å². The lowest BCUT2D eigenvalue weighted by molar-refractivity contribution is 0.158. The molecular weight excluding hydrogens is 348 g/mol. The molecule has 1 amide bonds. The van der Waals surface area contributed by atoms with Gasteiger partial charge in [-0.15, -0.1) is 6.42 Å². The second-order valence-corrected chi connectivity index (χ2v) is 6.47. The van der Waals surface area contributed by atoms with Crippen LogP contribution in [0.1, 0.15) is 28.2 Å². The van der Waals surface area contributed by atoms with E-state index in [4.69, 9.17) is 11.2 Å². The van der Waals surface area contributed by atoms with Gasteiger partial charge in [0.25, 0.3) is 0 Å². The number of terminal acetylenes is 1. The van der Waals surface area contributed by atoms with Crippen LogP contribution >= 0.6 is 0 Å². The van der Waals surface area contributed by atoms with Crippen LogP contribution in [0.5, 0.6) is 0 Å². The fourth-order valence-electron chi connectivity index (χ4n) is 3.58. The standard InChI is InChI=1S/C24H16N2O2/c1-2-16-11-12-23(17(13-16)14-25)26-24(27)28-15-22-20-9-5-3-7-18(20)19-8-4-6-10-21(19)22/h1,3-13,22H,15H2,(H,26,27). The number of hydrogen-bond donors (Lipinski definition) is 1. The van der Waals surface area contributed by atoms with Crippen molar-refractivity contribution in [3.05, 3.63) is 89.0 Å². The highest BCUT2D eigenvalue weighted by atomic mass is 16.5. The van der Waals surface area contributed by atoms with Crippen LogP contribution in [0.15, 0.2) is 66.7 Å². The molecule has 0 bridgehead atoms. The monoisotopic (exact) mass is 364 g/mol. The second-order valence-electron chi connectivity index (χ2n) is 6.47. The van der Waals surface area contributed by atoms with E-state index in [1.807, 2.05) is 30.3 Å². The van der Waals surface area contributed by atoms with E-state index in [0.29, 0.717) is 16.8 Å². The SMILES string of the molecule is C#Cc1ccc(NC(=O)OCC2c3ccccc3-c3ccccc32)c(C#N)c1. The van der Waals surface area contributed by atoms with Crippen molar-refractivity contribution in [2.75, 3.05) is 11.9 Å². The van der Waals surface area contributed by atoms with Crippen molar-refractivity contribution in [2.24, 2.45) is 0 Å². The molecule has 0 aliphatic heterocycles. The number of carbonyl (C=O) groups is 1. The molecule has 0 spiro atoms. The van der Waals surface area contributed by atoms with E-state index in [9.17, 15) is 10.1 Å². The number of benzene rings is 3. The Morgan fingerprint density at radius 2 is 1.68 bits per heavy atom. The summed E-state index contributed by atoms with van der Waals surface area (Å²) in [5.74, 6) is 2.45. The van der Waals surface area contributed by atoms with Gasteiger partial charge in [0.05, 0.1) is 11.3 Å². The summed E-state index contributed by atoms with van der Waals surface area (Å²) in [6.07, 6.45) is 4.74. The molecule has 0 aromatic heterocycles. The van der Waals surface area contributed by atoms with Gasteiger partial charge in [0, 0.05) is 11.5 Å². The summed E-state index contributed by atoms with van der Waals surface area (Å²) in [5, 5.41) is 11.9. The first kappa shape index (κ1) is 17.4. The molecule has 0 unspecified atom stereocenters. The van der Waals surface area contributed by atoms with Crippen molar-refractivity contribution in [1.82, 2.24) is 0 Å². The molecule has 3 aromatic rings. The third kappa shape index (κ3) is 3.09. The minimum absolute atomic E-state index is 0.0163. The van der Waals surface area contributed by atoms with Gasteiger partial charge >= 0.3 is 6.09 Å². The first-order chi connectivity index (χ1) is 13.7. The molecule has 0 fully saturated rings. The normalized spacial score (nSPS) is 11.6. The van der Waals surface area contributed by atoms with E-state index in [-0.39, 0.29) is 12.5 Å². The van der Waals surface area contributed by atoms with Crippen molar-refractivity contribution in [3.63, 3.8) is 0 Å². The van der Waals surface area contributed by atoms with Crippen LogP contribution in [0.25, 0.3) is 11.1 Å². The van der Waals surface area contributed by atoms with E-state index >= 15 is 0 Å². The molecule has 0 heterocycles. The maximum absolute atomic E-state index is 12.3. The van der Waals surface area contributed by atoms with Crippen LogP contribution in [0.4, 0.5) is 10.5 Å². The lowest BCUT2D eigenvalue weighted by Crippen LogP contribution is -2.18. The topological polar surface area (TPSA) is 62.1 Å². The zero-order valence-electron chi connectivity index (χ0n) is 15.0. The largest absolute Gasteiger partial charge is 0.448 e. The Hall–Kier alpha value is -4.02.